The van der Waals surface area contributed by atoms with Gasteiger partial charge >= 0.3 is 6.03 Å². The van der Waals surface area contributed by atoms with Crippen LogP contribution in [0.3, 0.4) is 0 Å². The Morgan fingerprint density at radius 2 is 1.46 bits per heavy atom. The van der Waals surface area contributed by atoms with Crippen LogP contribution in [0.5, 0.6) is 0 Å². The molecule has 4 rings (SSSR count). The van der Waals surface area contributed by atoms with Gasteiger partial charge in [-0.2, -0.15) is 0 Å². The Balaban J connectivity index is 1.56. The fourth-order valence-electron chi connectivity index (χ4n) is 4.23. The second-order valence-corrected chi connectivity index (χ2v) is 8.75. The Hall–Kier alpha value is -4.26. The molecule has 0 unspecified atom stereocenters. The van der Waals surface area contributed by atoms with Crippen LogP contribution in [0.4, 0.5) is 4.79 Å². The normalized spacial score (nSPS) is 17.3. The van der Waals surface area contributed by atoms with Crippen molar-refractivity contribution in [1.29, 1.82) is 0 Å². The predicted molar refractivity (Wildman–Crippen MR) is 131 cm³/mol. The number of Topliss-reactive ketones (excluding diaryl/α,β-unsaturated/α-hetero) is 1. The second-order valence-electron chi connectivity index (χ2n) is 8.75. The molecule has 178 valence electrons. The number of nitrogens with one attached hydrogen (secondary N) is 1. The van der Waals surface area contributed by atoms with Crippen LogP contribution in [0.25, 0.3) is 0 Å². The van der Waals surface area contributed by atoms with Crippen molar-refractivity contribution in [3.8, 4) is 0 Å². The molecule has 0 aliphatic carbocycles. The summed E-state index contributed by atoms with van der Waals surface area (Å²) in [5, 5.41) is 2.88. The zero-order valence-electron chi connectivity index (χ0n) is 19.7. The summed E-state index contributed by atoms with van der Waals surface area (Å²) < 4.78 is 0. The van der Waals surface area contributed by atoms with E-state index in [4.69, 9.17) is 0 Å². The van der Waals surface area contributed by atoms with E-state index in [1.807, 2.05) is 60.7 Å². The summed E-state index contributed by atoms with van der Waals surface area (Å²) in [5.74, 6) is -0.852. The molecular weight excluding hydrogens is 442 g/mol. The van der Waals surface area contributed by atoms with Crippen molar-refractivity contribution in [3.63, 3.8) is 0 Å². The Morgan fingerprint density at radius 1 is 0.857 bits per heavy atom. The molecule has 1 heterocycles. The summed E-state index contributed by atoms with van der Waals surface area (Å²) >= 11 is 0. The predicted octanol–water partition coefficient (Wildman–Crippen LogP) is 3.54. The molecule has 35 heavy (non-hydrogen) atoms. The summed E-state index contributed by atoms with van der Waals surface area (Å²) in [4.78, 5) is 53.7. The first-order chi connectivity index (χ1) is 16.8. The highest BCUT2D eigenvalue weighted by Crippen LogP contribution is 2.33. The van der Waals surface area contributed by atoms with Crippen LogP contribution >= 0.6 is 0 Å². The number of carbonyl (C=O) groups excluding carboxylic acids is 4. The van der Waals surface area contributed by atoms with Gasteiger partial charge in [-0.3, -0.25) is 19.3 Å². The van der Waals surface area contributed by atoms with Crippen LogP contribution < -0.4 is 5.32 Å². The van der Waals surface area contributed by atoms with Gasteiger partial charge < -0.3 is 10.2 Å². The quantitative estimate of drug-likeness (QED) is 0.404. The molecule has 1 aliphatic heterocycles. The molecule has 7 nitrogen and oxygen atoms in total. The zero-order valence-corrected chi connectivity index (χ0v) is 19.7. The smallest absolute Gasteiger partial charge is 0.325 e. The second kappa shape index (κ2) is 9.93. The lowest BCUT2D eigenvalue weighted by atomic mass is 9.83. The summed E-state index contributed by atoms with van der Waals surface area (Å²) in [6.45, 7) is 1.56. The van der Waals surface area contributed by atoms with Crippen molar-refractivity contribution in [2.45, 2.75) is 25.4 Å². The highest BCUT2D eigenvalue weighted by molar-refractivity contribution is 6.11. The number of rotatable bonds is 8. The number of ketones is 1. The van der Waals surface area contributed by atoms with Crippen LogP contribution in [0.15, 0.2) is 84.9 Å². The molecule has 1 atom stereocenters. The van der Waals surface area contributed by atoms with Gasteiger partial charge in [0.05, 0.1) is 6.54 Å². The van der Waals surface area contributed by atoms with Crippen molar-refractivity contribution in [2.24, 2.45) is 0 Å². The Morgan fingerprint density at radius 3 is 2.06 bits per heavy atom. The van der Waals surface area contributed by atoms with E-state index in [0.29, 0.717) is 17.7 Å². The van der Waals surface area contributed by atoms with E-state index in [0.717, 1.165) is 16.0 Å². The first-order valence-electron chi connectivity index (χ1n) is 11.4. The topological polar surface area (TPSA) is 86.8 Å². The van der Waals surface area contributed by atoms with E-state index in [1.54, 1.807) is 36.2 Å². The molecule has 0 spiro atoms. The van der Waals surface area contributed by atoms with E-state index < -0.39 is 17.5 Å². The fraction of sp³-hybridized carbons (Fsp3) is 0.214. The first kappa shape index (κ1) is 23.9. The molecule has 3 aromatic carbocycles. The first-order valence-corrected chi connectivity index (χ1v) is 11.4. The molecule has 0 saturated carbocycles. The Labute approximate surface area is 204 Å². The van der Waals surface area contributed by atoms with E-state index in [-0.39, 0.29) is 24.7 Å². The fourth-order valence-corrected chi connectivity index (χ4v) is 4.23. The van der Waals surface area contributed by atoms with Crippen LogP contribution in [0.2, 0.25) is 0 Å². The van der Waals surface area contributed by atoms with Gasteiger partial charge in [0.15, 0.2) is 11.3 Å². The minimum atomic E-state index is -1.29. The van der Waals surface area contributed by atoms with Gasteiger partial charge in [-0.05, 0) is 16.7 Å². The van der Waals surface area contributed by atoms with E-state index in [1.165, 1.54) is 6.92 Å². The van der Waals surface area contributed by atoms with Crippen molar-refractivity contribution in [1.82, 2.24) is 15.1 Å². The number of amides is 4. The molecule has 1 fully saturated rings. The van der Waals surface area contributed by atoms with E-state index in [9.17, 15) is 19.2 Å². The third kappa shape index (κ3) is 4.99. The van der Waals surface area contributed by atoms with Crippen LogP contribution in [0, 0.1) is 0 Å². The number of nitrogens with zero attached hydrogens (tertiary/aromatic N) is 2. The third-order valence-corrected chi connectivity index (χ3v) is 6.29. The standard InChI is InChI=1S/C28H27N3O4/c1-20(32)30(2)18-22-13-15-23(16-14-22)25(33)19-31-26(34)28(29-27(31)35,24-11-7-4-8-12-24)17-21-9-5-3-6-10-21/h3-16H,17-19H2,1-2H3,(H,29,35)/t28-/m0/s1. The summed E-state index contributed by atoms with van der Waals surface area (Å²) in [6.07, 6.45) is 0.269. The molecule has 3 aromatic rings. The maximum atomic E-state index is 13.7. The highest BCUT2D eigenvalue weighted by Gasteiger charge is 2.52. The Bertz CT molecular complexity index is 1240. The van der Waals surface area contributed by atoms with Gasteiger partial charge in [-0.25, -0.2) is 4.79 Å². The number of hydrogen-bond acceptors (Lipinski definition) is 4. The maximum absolute atomic E-state index is 13.7. The lowest BCUT2D eigenvalue weighted by Crippen LogP contribution is -2.46. The van der Waals surface area contributed by atoms with Gasteiger partial charge in [-0.15, -0.1) is 0 Å². The molecule has 0 bridgehead atoms. The molecule has 1 N–H and O–H groups in total. The highest BCUT2D eigenvalue weighted by atomic mass is 16.2. The number of urea groups is 1. The minimum absolute atomic E-state index is 0.0545. The number of benzene rings is 3. The van der Waals surface area contributed by atoms with Gasteiger partial charge in [0.2, 0.25) is 5.91 Å². The molecule has 1 saturated heterocycles. The van der Waals surface area contributed by atoms with Crippen molar-refractivity contribution in [2.75, 3.05) is 13.6 Å². The molecule has 7 heteroatoms. The summed E-state index contributed by atoms with van der Waals surface area (Å²) in [7, 11) is 1.70. The van der Waals surface area contributed by atoms with E-state index >= 15 is 0 Å². The van der Waals surface area contributed by atoms with Gasteiger partial charge in [-0.1, -0.05) is 84.9 Å². The molecule has 0 radical (unpaired) electrons. The largest absolute Gasteiger partial charge is 0.342 e. The third-order valence-electron chi connectivity index (χ3n) is 6.29. The molecule has 4 amide bonds. The zero-order chi connectivity index (χ0) is 25.0. The maximum Gasteiger partial charge on any atom is 0.325 e. The van der Waals surface area contributed by atoms with Crippen LogP contribution in [0.1, 0.15) is 34.0 Å². The number of hydrogen-bond donors (Lipinski definition) is 1. The summed E-state index contributed by atoms with van der Waals surface area (Å²) in [5.41, 5.74) is 1.53. The summed E-state index contributed by atoms with van der Waals surface area (Å²) in [6, 6.07) is 24.8. The number of imide groups is 1. The van der Waals surface area contributed by atoms with Gasteiger partial charge in [0.25, 0.3) is 5.91 Å². The average Bonchev–Trinajstić information content (AvgIpc) is 3.10. The molecule has 0 aromatic heterocycles. The lowest BCUT2D eigenvalue weighted by molar-refractivity contribution is -0.131. The van der Waals surface area contributed by atoms with Crippen LogP contribution in [-0.4, -0.2) is 47.0 Å². The van der Waals surface area contributed by atoms with Crippen molar-refractivity contribution < 1.29 is 19.2 Å². The number of carbonyl (C=O) groups is 4. The SMILES string of the molecule is CC(=O)N(C)Cc1ccc(C(=O)CN2C(=O)N[C@@](Cc3ccccc3)(c3ccccc3)C2=O)cc1. The average molecular weight is 470 g/mol. The minimum Gasteiger partial charge on any atom is -0.342 e. The Kier molecular flexibility index (Phi) is 6.78. The monoisotopic (exact) mass is 469 g/mol. The van der Waals surface area contributed by atoms with Crippen molar-refractivity contribution >= 4 is 23.6 Å². The van der Waals surface area contributed by atoms with Crippen LogP contribution in [-0.2, 0) is 28.1 Å². The lowest BCUT2D eigenvalue weighted by Gasteiger charge is -2.27. The molecule has 1 aliphatic rings. The van der Waals surface area contributed by atoms with Gasteiger partial charge in [0.1, 0.15) is 0 Å². The van der Waals surface area contributed by atoms with Crippen molar-refractivity contribution in [3.05, 3.63) is 107 Å². The van der Waals surface area contributed by atoms with Gasteiger partial charge in [0, 0.05) is 32.5 Å². The van der Waals surface area contributed by atoms with E-state index in [2.05, 4.69) is 5.32 Å². The molecular formula is C28H27N3O4.